The molecule has 5 nitrogen and oxygen atoms in total. The van der Waals surface area contributed by atoms with Gasteiger partial charge in [0.05, 0.1) is 13.0 Å². The van der Waals surface area contributed by atoms with Crippen LogP contribution in [0.4, 0.5) is 5.69 Å². The van der Waals surface area contributed by atoms with Gasteiger partial charge in [-0.05, 0) is 42.8 Å². The molecular weight excluding hydrogens is 292 g/mol. The number of anilines is 1. The van der Waals surface area contributed by atoms with Gasteiger partial charge in [-0.1, -0.05) is 18.2 Å². The maximum Gasteiger partial charge on any atom is 0.330 e. The number of benzene rings is 1. The monoisotopic (exact) mass is 310 g/mol. The Hall–Kier alpha value is -2.95. The molecule has 0 bridgehead atoms. The number of esters is 1. The Bertz CT molecular complexity index is 679. The van der Waals surface area contributed by atoms with Crippen molar-refractivity contribution in [1.82, 2.24) is 4.98 Å². The molecule has 0 unspecified atom stereocenters. The largest absolute Gasteiger partial charge is 0.463 e. The number of carbonyl (C=O) groups excluding carboxylic acids is 2. The molecule has 0 saturated carbocycles. The van der Waals surface area contributed by atoms with Crippen molar-refractivity contribution in [2.24, 2.45) is 0 Å². The number of ether oxygens (including phenoxy) is 1. The molecular formula is C18H18N2O3. The summed E-state index contributed by atoms with van der Waals surface area (Å²) < 4.78 is 4.81. The summed E-state index contributed by atoms with van der Waals surface area (Å²) in [6, 6.07) is 12.6. The third-order valence-corrected chi connectivity index (χ3v) is 2.96. The summed E-state index contributed by atoms with van der Waals surface area (Å²) in [7, 11) is 0. The van der Waals surface area contributed by atoms with Crippen molar-refractivity contribution < 1.29 is 14.3 Å². The molecule has 1 amide bonds. The van der Waals surface area contributed by atoms with Gasteiger partial charge in [-0.15, -0.1) is 0 Å². The van der Waals surface area contributed by atoms with Crippen LogP contribution in [-0.4, -0.2) is 23.5 Å². The first-order chi connectivity index (χ1) is 11.2. The Morgan fingerprint density at radius 1 is 1.17 bits per heavy atom. The Labute approximate surface area is 135 Å². The van der Waals surface area contributed by atoms with Gasteiger partial charge in [-0.25, -0.2) is 4.79 Å². The first-order valence-corrected chi connectivity index (χ1v) is 7.32. The van der Waals surface area contributed by atoms with E-state index in [9.17, 15) is 9.59 Å². The van der Waals surface area contributed by atoms with Crippen LogP contribution in [0.5, 0.6) is 0 Å². The average molecular weight is 310 g/mol. The van der Waals surface area contributed by atoms with Crippen LogP contribution in [-0.2, 0) is 20.7 Å². The number of nitrogens with zero attached hydrogens (tertiary/aromatic N) is 1. The molecule has 5 heteroatoms. The maximum absolute atomic E-state index is 11.9. The highest BCUT2D eigenvalue weighted by Gasteiger charge is 2.04. The highest BCUT2D eigenvalue weighted by molar-refractivity contribution is 5.92. The predicted molar refractivity (Wildman–Crippen MR) is 88.7 cm³/mol. The lowest BCUT2D eigenvalue weighted by molar-refractivity contribution is -0.137. The fourth-order valence-electron chi connectivity index (χ4n) is 1.90. The molecule has 2 aromatic rings. The molecule has 0 fully saturated rings. The van der Waals surface area contributed by atoms with Gasteiger partial charge in [0, 0.05) is 23.7 Å². The van der Waals surface area contributed by atoms with Crippen molar-refractivity contribution >= 4 is 23.6 Å². The molecule has 0 atom stereocenters. The Morgan fingerprint density at radius 3 is 2.61 bits per heavy atom. The fourth-order valence-corrected chi connectivity index (χ4v) is 1.90. The fraction of sp³-hybridized carbons (Fsp3) is 0.167. The van der Waals surface area contributed by atoms with E-state index in [0.717, 1.165) is 11.3 Å². The minimum absolute atomic E-state index is 0.126. The molecule has 1 aromatic carbocycles. The molecule has 0 aliphatic heterocycles. The van der Waals surface area contributed by atoms with E-state index in [0.29, 0.717) is 12.3 Å². The minimum Gasteiger partial charge on any atom is -0.463 e. The third-order valence-electron chi connectivity index (χ3n) is 2.96. The van der Waals surface area contributed by atoms with E-state index in [-0.39, 0.29) is 18.3 Å². The molecule has 1 aromatic heterocycles. The predicted octanol–water partition coefficient (Wildman–Crippen LogP) is 2.84. The minimum atomic E-state index is -0.375. The Balaban J connectivity index is 1.89. The van der Waals surface area contributed by atoms with Crippen LogP contribution in [0, 0.1) is 0 Å². The van der Waals surface area contributed by atoms with Crippen LogP contribution < -0.4 is 5.32 Å². The number of carbonyl (C=O) groups is 2. The van der Waals surface area contributed by atoms with E-state index in [2.05, 4.69) is 10.3 Å². The SMILES string of the molecule is CCOC(=O)/C=C/c1ccc(NC(=O)Cc2ccccn2)cc1. The van der Waals surface area contributed by atoms with Gasteiger partial charge in [0.1, 0.15) is 0 Å². The van der Waals surface area contributed by atoms with Gasteiger partial charge >= 0.3 is 5.97 Å². The van der Waals surface area contributed by atoms with Gasteiger partial charge < -0.3 is 10.1 Å². The van der Waals surface area contributed by atoms with Crippen LogP contribution in [0.1, 0.15) is 18.2 Å². The van der Waals surface area contributed by atoms with Gasteiger partial charge in [0.25, 0.3) is 0 Å². The second kappa shape index (κ2) is 8.48. The van der Waals surface area contributed by atoms with Gasteiger partial charge in [-0.3, -0.25) is 9.78 Å². The van der Waals surface area contributed by atoms with Crippen LogP contribution in [0.3, 0.4) is 0 Å². The normalized spacial score (nSPS) is 10.5. The van der Waals surface area contributed by atoms with Crippen LogP contribution in [0.25, 0.3) is 6.08 Å². The Morgan fingerprint density at radius 2 is 1.96 bits per heavy atom. The van der Waals surface area contributed by atoms with Crippen LogP contribution >= 0.6 is 0 Å². The number of amides is 1. The first-order valence-electron chi connectivity index (χ1n) is 7.32. The van der Waals surface area contributed by atoms with Crippen molar-refractivity contribution in [3.8, 4) is 0 Å². The molecule has 0 radical (unpaired) electrons. The van der Waals surface area contributed by atoms with Crippen molar-refractivity contribution in [2.75, 3.05) is 11.9 Å². The van der Waals surface area contributed by atoms with E-state index < -0.39 is 0 Å². The molecule has 1 N–H and O–H groups in total. The lowest BCUT2D eigenvalue weighted by Gasteiger charge is -2.05. The zero-order valence-corrected chi connectivity index (χ0v) is 12.9. The molecule has 118 valence electrons. The summed E-state index contributed by atoms with van der Waals surface area (Å²) in [6.45, 7) is 2.11. The standard InChI is InChI=1S/C18H18N2O3/c1-2-23-18(22)11-8-14-6-9-15(10-7-14)20-17(21)13-16-5-3-4-12-19-16/h3-12H,2,13H2,1H3,(H,20,21)/b11-8+. The summed E-state index contributed by atoms with van der Waals surface area (Å²) in [6.07, 6.45) is 4.92. The van der Waals surface area contributed by atoms with Crippen molar-refractivity contribution in [1.29, 1.82) is 0 Å². The molecule has 0 aliphatic carbocycles. The second-order valence-corrected chi connectivity index (χ2v) is 4.75. The number of rotatable bonds is 6. The van der Waals surface area contributed by atoms with E-state index >= 15 is 0 Å². The van der Waals surface area contributed by atoms with Crippen LogP contribution in [0.2, 0.25) is 0 Å². The van der Waals surface area contributed by atoms with Crippen LogP contribution in [0.15, 0.2) is 54.7 Å². The summed E-state index contributed by atoms with van der Waals surface area (Å²) in [4.78, 5) is 27.3. The van der Waals surface area contributed by atoms with Crippen molar-refractivity contribution in [3.05, 3.63) is 66.0 Å². The molecule has 0 spiro atoms. The first kappa shape index (κ1) is 16.4. The number of hydrogen-bond acceptors (Lipinski definition) is 4. The molecule has 0 aliphatic rings. The topological polar surface area (TPSA) is 68.3 Å². The van der Waals surface area contributed by atoms with Gasteiger partial charge in [0.2, 0.25) is 5.91 Å². The molecule has 2 rings (SSSR count). The average Bonchev–Trinajstić information content (AvgIpc) is 2.55. The van der Waals surface area contributed by atoms with Gasteiger partial charge in [0.15, 0.2) is 0 Å². The Kier molecular flexibility index (Phi) is 6.06. The molecule has 0 saturated heterocycles. The lowest BCUT2D eigenvalue weighted by atomic mass is 10.2. The van der Waals surface area contributed by atoms with E-state index in [1.165, 1.54) is 6.08 Å². The summed E-state index contributed by atoms with van der Waals surface area (Å²) in [5.74, 6) is -0.501. The molecule has 1 heterocycles. The number of nitrogens with one attached hydrogen (secondary N) is 1. The van der Waals surface area contributed by atoms with E-state index in [1.54, 1.807) is 31.3 Å². The second-order valence-electron chi connectivity index (χ2n) is 4.75. The third kappa shape index (κ3) is 5.74. The number of pyridine rings is 1. The van der Waals surface area contributed by atoms with Gasteiger partial charge in [-0.2, -0.15) is 0 Å². The zero-order valence-electron chi connectivity index (χ0n) is 12.9. The number of aromatic nitrogens is 1. The highest BCUT2D eigenvalue weighted by atomic mass is 16.5. The van der Waals surface area contributed by atoms with Crippen molar-refractivity contribution in [2.45, 2.75) is 13.3 Å². The summed E-state index contributed by atoms with van der Waals surface area (Å²) in [5, 5.41) is 2.81. The van der Waals surface area contributed by atoms with E-state index in [1.807, 2.05) is 30.3 Å². The highest BCUT2D eigenvalue weighted by Crippen LogP contribution is 2.11. The lowest BCUT2D eigenvalue weighted by Crippen LogP contribution is -2.14. The molecule has 23 heavy (non-hydrogen) atoms. The summed E-state index contributed by atoms with van der Waals surface area (Å²) in [5.41, 5.74) is 2.26. The smallest absolute Gasteiger partial charge is 0.330 e. The van der Waals surface area contributed by atoms with E-state index in [4.69, 9.17) is 4.74 Å². The quantitative estimate of drug-likeness (QED) is 0.658. The van der Waals surface area contributed by atoms with Crippen molar-refractivity contribution in [3.63, 3.8) is 0 Å². The zero-order chi connectivity index (χ0) is 16.5. The summed E-state index contributed by atoms with van der Waals surface area (Å²) >= 11 is 0. The number of hydrogen-bond donors (Lipinski definition) is 1. The maximum atomic E-state index is 11.9.